The van der Waals surface area contributed by atoms with Gasteiger partial charge in [-0.1, -0.05) is 0 Å². The van der Waals surface area contributed by atoms with Crippen LogP contribution in [-0.4, -0.2) is 31.3 Å². The van der Waals surface area contributed by atoms with Crippen molar-refractivity contribution in [3.63, 3.8) is 0 Å². The summed E-state index contributed by atoms with van der Waals surface area (Å²) in [5, 5.41) is 15.5. The monoisotopic (exact) mass is 399 g/mol. The topological polar surface area (TPSA) is 103 Å². The maximum absolute atomic E-state index is 12.3. The van der Waals surface area contributed by atoms with Crippen LogP contribution >= 0.6 is 11.3 Å². The lowest BCUT2D eigenvalue weighted by atomic mass is 10.1. The van der Waals surface area contributed by atoms with Gasteiger partial charge in [-0.2, -0.15) is 5.10 Å². The Morgan fingerprint density at radius 3 is 2.68 bits per heavy atom. The zero-order valence-electron chi connectivity index (χ0n) is 15.4. The molecule has 28 heavy (non-hydrogen) atoms. The van der Waals surface area contributed by atoms with E-state index in [4.69, 9.17) is 9.47 Å². The molecule has 0 fully saturated rings. The molecule has 2 aromatic carbocycles. The molecule has 8 nitrogen and oxygen atoms in total. The number of benzene rings is 2. The standard InChI is InChI=1S/C19H17N3O5S/c1-11-15(26-2)6-4-12(18(11)27-3)10-20-21-19(23)17-9-13-8-14(22(24)25)5-7-16(13)28-17/h4-10H,1-3H3,(H,21,23). The lowest BCUT2D eigenvalue weighted by molar-refractivity contribution is -0.384. The number of nitrogens with zero attached hydrogens (tertiary/aromatic N) is 2. The Hall–Kier alpha value is -3.46. The summed E-state index contributed by atoms with van der Waals surface area (Å²) in [6.45, 7) is 1.87. The molecule has 1 heterocycles. The van der Waals surface area contributed by atoms with Crippen molar-refractivity contribution in [2.75, 3.05) is 14.2 Å². The van der Waals surface area contributed by atoms with Crippen molar-refractivity contribution < 1.29 is 19.2 Å². The Morgan fingerprint density at radius 2 is 2.00 bits per heavy atom. The summed E-state index contributed by atoms with van der Waals surface area (Å²) in [5.41, 5.74) is 3.96. The zero-order valence-corrected chi connectivity index (χ0v) is 16.2. The molecule has 0 unspecified atom stereocenters. The van der Waals surface area contributed by atoms with Crippen molar-refractivity contribution in [3.8, 4) is 11.5 Å². The van der Waals surface area contributed by atoms with E-state index in [0.29, 0.717) is 27.3 Å². The number of rotatable bonds is 6. The summed E-state index contributed by atoms with van der Waals surface area (Å²) in [7, 11) is 3.13. The number of carbonyl (C=O) groups excluding carboxylic acids is 1. The van der Waals surface area contributed by atoms with E-state index in [1.165, 1.54) is 29.7 Å². The highest BCUT2D eigenvalue weighted by molar-refractivity contribution is 7.20. The van der Waals surface area contributed by atoms with Gasteiger partial charge in [0.1, 0.15) is 11.5 Å². The fourth-order valence-corrected chi connectivity index (χ4v) is 3.69. The van der Waals surface area contributed by atoms with E-state index in [1.54, 1.807) is 38.5 Å². The molecular formula is C19H17N3O5S. The fraction of sp³-hybridized carbons (Fsp3) is 0.158. The van der Waals surface area contributed by atoms with E-state index >= 15 is 0 Å². The molecule has 0 aliphatic rings. The van der Waals surface area contributed by atoms with Gasteiger partial charge < -0.3 is 9.47 Å². The quantitative estimate of drug-likeness (QED) is 0.385. The van der Waals surface area contributed by atoms with Crippen molar-refractivity contribution >= 4 is 39.2 Å². The molecule has 0 atom stereocenters. The van der Waals surface area contributed by atoms with Gasteiger partial charge in [0, 0.05) is 33.3 Å². The third-order valence-electron chi connectivity index (χ3n) is 4.11. The number of methoxy groups -OCH3 is 2. The van der Waals surface area contributed by atoms with E-state index in [-0.39, 0.29) is 5.69 Å². The third kappa shape index (κ3) is 3.79. The molecule has 9 heteroatoms. The number of nitrogens with one attached hydrogen (secondary N) is 1. The molecule has 1 amide bonds. The first-order chi connectivity index (χ1) is 13.4. The van der Waals surface area contributed by atoms with E-state index in [1.807, 2.05) is 6.92 Å². The molecule has 0 aliphatic carbocycles. The van der Waals surface area contributed by atoms with Crippen LogP contribution in [0.3, 0.4) is 0 Å². The number of hydrogen-bond acceptors (Lipinski definition) is 7. The minimum absolute atomic E-state index is 0.0164. The summed E-state index contributed by atoms with van der Waals surface area (Å²) in [6, 6.07) is 9.66. The maximum Gasteiger partial charge on any atom is 0.281 e. The van der Waals surface area contributed by atoms with E-state index in [0.717, 1.165) is 10.3 Å². The van der Waals surface area contributed by atoms with Gasteiger partial charge in [-0.25, -0.2) is 5.43 Å². The highest BCUT2D eigenvalue weighted by Crippen LogP contribution is 2.30. The SMILES string of the molecule is COc1ccc(C=NNC(=O)c2cc3cc([N+](=O)[O-])ccc3s2)c(OC)c1C. The average molecular weight is 399 g/mol. The predicted molar refractivity (Wildman–Crippen MR) is 108 cm³/mol. The third-order valence-corrected chi connectivity index (χ3v) is 5.23. The molecule has 3 rings (SSSR count). The predicted octanol–water partition coefficient (Wildman–Crippen LogP) is 3.90. The Morgan fingerprint density at radius 1 is 1.21 bits per heavy atom. The number of ether oxygens (including phenoxy) is 2. The number of thiophene rings is 1. The van der Waals surface area contributed by atoms with Gasteiger partial charge in [-0.15, -0.1) is 11.3 Å². The van der Waals surface area contributed by atoms with Crippen molar-refractivity contribution in [1.82, 2.24) is 5.43 Å². The molecule has 0 bridgehead atoms. The summed E-state index contributed by atoms with van der Waals surface area (Å²) in [5.74, 6) is 0.897. The van der Waals surface area contributed by atoms with Gasteiger partial charge in [0.05, 0.1) is 30.2 Å². The number of hydrazone groups is 1. The number of carbonyl (C=O) groups is 1. The molecular weight excluding hydrogens is 382 g/mol. The summed E-state index contributed by atoms with van der Waals surface area (Å²) in [6.07, 6.45) is 1.49. The number of nitro benzene ring substituents is 1. The second-order valence-corrected chi connectivity index (χ2v) is 6.89. The van der Waals surface area contributed by atoms with Crippen LogP contribution in [0.2, 0.25) is 0 Å². The van der Waals surface area contributed by atoms with Crippen molar-refractivity contribution in [1.29, 1.82) is 0 Å². The van der Waals surface area contributed by atoms with Gasteiger partial charge in [-0.05, 0) is 31.2 Å². The lowest BCUT2D eigenvalue weighted by Crippen LogP contribution is -2.16. The molecule has 144 valence electrons. The van der Waals surface area contributed by atoms with Crippen LogP contribution in [0, 0.1) is 17.0 Å². The first-order valence-corrected chi connectivity index (χ1v) is 8.99. The van der Waals surface area contributed by atoms with Crippen molar-refractivity contribution in [3.05, 3.63) is 62.5 Å². The van der Waals surface area contributed by atoms with Crippen molar-refractivity contribution in [2.45, 2.75) is 6.92 Å². The number of nitro groups is 1. The minimum atomic E-state index is -0.467. The lowest BCUT2D eigenvalue weighted by Gasteiger charge is -2.11. The largest absolute Gasteiger partial charge is 0.496 e. The van der Waals surface area contributed by atoms with Crippen LogP contribution in [0.4, 0.5) is 5.69 Å². The number of fused-ring (bicyclic) bond motifs is 1. The van der Waals surface area contributed by atoms with Crippen LogP contribution < -0.4 is 14.9 Å². The first kappa shape index (κ1) is 19.3. The molecule has 0 radical (unpaired) electrons. The highest BCUT2D eigenvalue weighted by atomic mass is 32.1. The van der Waals surface area contributed by atoms with Gasteiger partial charge in [-0.3, -0.25) is 14.9 Å². The maximum atomic E-state index is 12.3. The van der Waals surface area contributed by atoms with Crippen LogP contribution in [0.25, 0.3) is 10.1 Å². The Labute approximate surface area is 164 Å². The van der Waals surface area contributed by atoms with Crippen LogP contribution in [0.5, 0.6) is 11.5 Å². The average Bonchev–Trinajstić information content (AvgIpc) is 3.11. The molecule has 0 spiro atoms. The fourth-order valence-electron chi connectivity index (χ4n) is 2.76. The second-order valence-electron chi connectivity index (χ2n) is 5.80. The van der Waals surface area contributed by atoms with E-state index in [2.05, 4.69) is 10.5 Å². The van der Waals surface area contributed by atoms with E-state index in [9.17, 15) is 14.9 Å². The van der Waals surface area contributed by atoms with Crippen molar-refractivity contribution in [2.24, 2.45) is 5.10 Å². The molecule has 3 aromatic rings. The van der Waals surface area contributed by atoms with Crippen LogP contribution in [0.15, 0.2) is 41.5 Å². The smallest absolute Gasteiger partial charge is 0.281 e. The summed E-state index contributed by atoms with van der Waals surface area (Å²) >= 11 is 1.24. The van der Waals surface area contributed by atoms with Gasteiger partial charge >= 0.3 is 0 Å². The second kappa shape index (κ2) is 8.05. The molecule has 0 saturated heterocycles. The summed E-state index contributed by atoms with van der Waals surface area (Å²) < 4.78 is 11.4. The Balaban J connectivity index is 1.78. The normalized spacial score (nSPS) is 11.0. The Kier molecular flexibility index (Phi) is 5.55. The Bertz CT molecular complexity index is 1090. The van der Waals surface area contributed by atoms with Gasteiger partial charge in [0.2, 0.25) is 0 Å². The van der Waals surface area contributed by atoms with E-state index < -0.39 is 10.8 Å². The number of hydrogen-bond donors (Lipinski definition) is 1. The molecule has 1 aromatic heterocycles. The van der Waals surface area contributed by atoms with Gasteiger partial charge in [0.25, 0.3) is 11.6 Å². The number of non-ortho nitro benzene ring substituents is 1. The molecule has 0 aliphatic heterocycles. The first-order valence-electron chi connectivity index (χ1n) is 8.17. The van der Waals surface area contributed by atoms with Gasteiger partial charge in [0.15, 0.2) is 0 Å². The highest BCUT2D eigenvalue weighted by Gasteiger charge is 2.13. The van der Waals surface area contributed by atoms with Crippen LogP contribution in [-0.2, 0) is 0 Å². The molecule has 1 N–H and O–H groups in total. The molecule has 0 saturated carbocycles. The minimum Gasteiger partial charge on any atom is -0.496 e. The van der Waals surface area contributed by atoms with Crippen LogP contribution in [0.1, 0.15) is 20.8 Å². The summed E-state index contributed by atoms with van der Waals surface area (Å²) in [4.78, 5) is 23.2. The zero-order chi connectivity index (χ0) is 20.3. The number of amides is 1.